The van der Waals surface area contributed by atoms with E-state index in [4.69, 9.17) is 0 Å². The zero-order valence-corrected chi connectivity index (χ0v) is 12.4. The normalized spacial score (nSPS) is 35.6. The third kappa shape index (κ3) is 2.79. The van der Waals surface area contributed by atoms with E-state index in [9.17, 15) is 18.3 Å². The molecule has 0 bridgehead atoms. The van der Waals surface area contributed by atoms with Gasteiger partial charge in [0.1, 0.15) is 0 Å². The first kappa shape index (κ1) is 14.8. The summed E-state index contributed by atoms with van der Waals surface area (Å²) in [4.78, 5) is 13.7. The van der Waals surface area contributed by atoms with Crippen LogP contribution in [0.25, 0.3) is 0 Å². The van der Waals surface area contributed by atoms with Crippen molar-refractivity contribution in [2.45, 2.75) is 39.2 Å². The molecule has 110 valence electrons. The van der Waals surface area contributed by atoms with Gasteiger partial charge in [0, 0.05) is 12.6 Å². The molecule has 0 aromatic carbocycles. The third-order valence-electron chi connectivity index (χ3n) is 4.82. The first-order valence-electron chi connectivity index (χ1n) is 6.95. The molecule has 2 fully saturated rings. The van der Waals surface area contributed by atoms with E-state index in [0.717, 1.165) is 6.42 Å². The van der Waals surface area contributed by atoms with Crippen molar-refractivity contribution in [2.24, 2.45) is 11.3 Å². The molecule has 1 N–H and O–H groups in total. The van der Waals surface area contributed by atoms with Crippen molar-refractivity contribution in [3.05, 3.63) is 0 Å². The van der Waals surface area contributed by atoms with Crippen molar-refractivity contribution in [3.8, 4) is 0 Å². The lowest BCUT2D eigenvalue weighted by Gasteiger charge is -2.33. The lowest BCUT2D eigenvalue weighted by Crippen LogP contribution is -2.45. The minimum absolute atomic E-state index is 0.0127. The highest BCUT2D eigenvalue weighted by atomic mass is 32.2. The Balaban J connectivity index is 2.11. The highest BCUT2D eigenvalue weighted by Gasteiger charge is 2.49. The van der Waals surface area contributed by atoms with Gasteiger partial charge in [-0.2, -0.15) is 0 Å². The molecule has 0 aromatic heterocycles. The Hall–Kier alpha value is -0.620. The number of carbonyl (C=O) groups is 1. The summed E-state index contributed by atoms with van der Waals surface area (Å²) in [6.45, 7) is 5.06. The van der Waals surface area contributed by atoms with Crippen LogP contribution in [0.5, 0.6) is 0 Å². The lowest BCUT2D eigenvalue weighted by molar-refractivity contribution is -0.151. The Morgan fingerprint density at radius 2 is 2.11 bits per heavy atom. The summed E-state index contributed by atoms with van der Waals surface area (Å²) in [5, 5.41) is 9.51. The van der Waals surface area contributed by atoms with Gasteiger partial charge in [-0.25, -0.2) is 8.42 Å². The largest absolute Gasteiger partial charge is 0.481 e. The molecule has 5 nitrogen and oxygen atoms in total. The van der Waals surface area contributed by atoms with Crippen LogP contribution in [-0.2, 0) is 14.6 Å². The van der Waals surface area contributed by atoms with Crippen LogP contribution in [-0.4, -0.2) is 55.0 Å². The molecule has 6 heteroatoms. The number of carboxylic acid groups (broad SMARTS) is 1. The SMILES string of the molecule is CC(C)C1(C(=O)O)CCN(C2CCCS(=O)(=O)C2)C1. The molecule has 2 heterocycles. The number of likely N-dealkylation sites (tertiary alicyclic amines) is 1. The molecule has 2 atom stereocenters. The van der Waals surface area contributed by atoms with Crippen LogP contribution in [0.4, 0.5) is 0 Å². The molecule has 0 amide bonds. The number of rotatable bonds is 3. The predicted octanol–water partition coefficient (Wildman–Crippen LogP) is 0.996. The molecule has 0 saturated carbocycles. The van der Waals surface area contributed by atoms with Gasteiger partial charge in [-0.05, 0) is 31.7 Å². The van der Waals surface area contributed by atoms with Gasteiger partial charge in [-0.1, -0.05) is 13.8 Å². The van der Waals surface area contributed by atoms with Crippen molar-refractivity contribution in [1.29, 1.82) is 0 Å². The van der Waals surface area contributed by atoms with Crippen molar-refractivity contribution in [1.82, 2.24) is 4.90 Å². The molecule has 2 aliphatic rings. The van der Waals surface area contributed by atoms with E-state index in [1.807, 2.05) is 13.8 Å². The number of sulfone groups is 1. The average molecular weight is 289 g/mol. The Bertz CT molecular complexity index is 459. The third-order valence-corrected chi connectivity index (χ3v) is 6.62. The average Bonchev–Trinajstić information content (AvgIpc) is 2.73. The number of carboxylic acids is 1. The molecule has 2 unspecified atom stereocenters. The first-order valence-corrected chi connectivity index (χ1v) is 8.77. The molecule has 2 saturated heterocycles. The fourth-order valence-corrected chi connectivity index (χ4v) is 5.09. The van der Waals surface area contributed by atoms with Crippen molar-refractivity contribution in [3.63, 3.8) is 0 Å². The highest BCUT2D eigenvalue weighted by molar-refractivity contribution is 7.91. The standard InChI is InChI=1S/C13H23NO4S/c1-10(2)13(12(15)16)5-6-14(9-13)11-4-3-7-19(17,18)8-11/h10-11H,3-9H2,1-2H3,(H,15,16). The highest BCUT2D eigenvalue weighted by Crippen LogP contribution is 2.39. The smallest absolute Gasteiger partial charge is 0.311 e. The van der Waals surface area contributed by atoms with Gasteiger partial charge in [0.2, 0.25) is 0 Å². The maximum absolute atomic E-state index is 11.7. The zero-order chi connectivity index (χ0) is 14.3. The fraction of sp³-hybridized carbons (Fsp3) is 0.923. The van der Waals surface area contributed by atoms with E-state index in [1.54, 1.807) is 0 Å². The van der Waals surface area contributed by atoms with Crippen LogP contribution in [0.2, 0.25) is 0 Å². The molecule has 0 aromatic rings. The van der Waals surface area contributed by atoms with Gasteiger partial charge in [-0.3, -0.25) is 9.69 Å². The number of aliphatic carboxylic acids is 1. The summed E-state index contributed by atoms with van der Waals surface area (Å²) in [5.74, 6) is -0.203. The van der Waals surface area contributed by atoms with E-state index in [0.29, 0.717) is 25.9 Å². The molecular weight excluding hydrogens is 266 g/mol. The van der Waals surface area contributed by atoms with Crippen molar-refractivity contribution >= 4 is 15.8 Å². The Labute approximate surface area is 114 Å². The van der Waals surface area contributed by atoms with Crippen LogP contribution in [0.1, 0.15) is 33.1 Å². The summed E-state index contributed by atoms with van der Waals surface area (Å²) in [6, 6.07) is 0.0127. The van der Waals surface area contributed by atoms with E-state index in [1.165, 1.54) is 0 Å². The second-order valence-electron chi connectivity index (χ2n) is 6.25. The molecule has 2 aliphatic heterocycles. The van der Waals surface area contributed by atoms with E-state index in [2.05, 4.69) is 4.90 Å². The van der Waals surface area contributed by atoms with Crippen molar-refractivity contribution < 1.29 is 18.3 Å². The monoisotopic (exact) mass is 289 g/mol. The van der Waals surface area contributed by atoms with Gasteiger partial charge in [0.05, 0.1) is 16.9 Å². The van der Waals surface area contributed by atoms with E-state index >= 15 is 0 Å². The quantitative estimate of drug-likeness (QED) is 0.839. The lowest BCUT2D eigenvalue weighted by atomic mass is 9.76. The van der Waals surface area contributed by atoms with Gasteiger partial charge in [0.15, 0.2) is 9.84 Å². The van der Waals surface area contributed by atoms with Crippen molar-refractivity contribution in [2.75, 3.05) is 24.6 Å². The Morgan fingerprint density at radius 1 is 1.42 bits per heavy atom. The van der Waals surface area contributed by atoms with Crippen LogP contribution >= 0.6 is 0 Å². The molecule has 2 rings (SSSR count). The maximum Gasteiger partial charge on any atom is 0.311 e. The minimum Gasteiger partial charge on any atom is -0.481 e. The number of nitrogens with zero attached hydrogens (tertiary/aromatic N) is 1. The van der Waals surface area contributed by atoms with Crippen LogP contribution in [0.3, 0.4) is 0 Å². The summed E-state index contributed by atoms with van der Waals surface area (Å²) < 4.78 is 23.4. The van der Waals surface area contributed by atoms with Crippen LogP contribution in [0, 0.1) is 11.3 Å². The zero-order valence-electron chi connectivity index (χ0n) is 11.6. The van der Waals surface area contributed by atoms with Gasteiger partial charge in [-0.15, -0.1) is 0 Å². The first-order chi connectivity index (χ1) is 8.77. The topological polar surface area (TPSA) is 74.7 Å². The predicted molar refractivity (Wildman–Crippen MR) is 72.8 cm³/mol. The molecular formula is C13H23NO4S. The molecule has 0 aliphatic carbocycles. The number of hydrogen-bond donors (Lipinski definition) is 1. The second kappa shape index (κ2) is 5.05. The van der Waals surface area contributed by atoms with Gasteiger partial charge in [0.25, 0.3) is 0 Å². The summed E-state index contributed by atoms with van der Waals surface area (Å²) in [6.07, 6.45) is 2.19. The summed E-state index contributed by atoms with van der Waals surface area (Å²) in [7, 11) is -2.94. The maximum atomic E-state index is 11.7. The molecule has 0 spiro atoms. The number of hydrogen-bond acceptors (Lipinski definition) is 4. The minimum atomic E-state index is -2.94. The van der Waals surface area contributed by atoms with E-state index in [-0.39, 0.29) is 23.5 Å². The van der Waals surface area contributed by atoms with Crippen LogP contribution in [0.15, 0.2) is 0 Å². The fourth-order valence-electron chi connectivity index (χ4n) is 3.35. The van der Waals surface area contributed by atoms with Gasteiger partial charge < -0.3 is 5.11 Å². The summed E-state index contributed by atoms with van der Waals surface area (Å²) >= 11 is 0. The Morgan fingerprint density at radius 3 is 2.58 bits per heavy atom. The molecule has 0 radical (unpaired) electrons. The van der Waals surface area contributed by atoms with E-state index < -0.39 is 21.2 Å². The van der Waals surface area contributed by atoms with Crippen LogP contribution < -0.4 is 0 Å². The summed E-state index contributed by atoms with van der Waals surface area (Å²) in [5.41, 5.74) is -0.707. The van der Waals surface area contributed by atoms with Gasteiger partial charge >= 0.3 is 5.97 Å². The second-order valence-corrected chi connectivity index (χ2v) is 8.48. The molecule has 19 heavy (non-hydrogen) atoms. The Kier molecular flexibility index (Phi) is 3.93.